The quantitative estimate of drug-likeness (QED) is 0.363. The lowest BCUT2D eigenvalue weighted by molar-refractivity contribution is 0.198. The molecule has 4 aromatic rings. The third-order valence-corrected chi connectivity index (χ3v) is 4.96. The summed E-state index contributed by atoms with van der Waals surface area (Å²) in [5.41, 5.74) is 3.47. The molecule has 11 nitrogen and oxygen atoms in total. The molecule has 34 heavy (non-hydrogen) atoms. The Morgan fingerprint density at radius 1 is 1.03 bits per heavy atom. The molecule has 0 unspecified atom stereocenters. The molecule has 0 atom stereocenters. The summed E-state index contributed by atoms with van der Waals surface area (Å²) in [6.45, 7) is 1.37. The summed E-state index contributed by atoms with van der Waals surface area (Å²) in [7, 11) is 4.78. The highest BCUT2D eigenvalue weighted by Gasteiger charge is 2.10. The van der Waals surface area contributed by atoms with Crippen molar-refractivity contribution in [3.63, 3.8) is 0 Å². The normalized spacial score (nSPS) is 10.8. The number of methoxy groups -OCH3 is 3. The van der Waals surface area contributed by atoms with Crippen LogP contribution in [0.15, 0.2) is 48.9 Å². The van der Waals surface area contributed by atoms with E-state index < -0.39 is 0 Å². The zero-order valence-corrected chi connectivity index (χ0v) is 19.1. The maximum atomic E-state index is 12.0. The van der Waals surface area contributed by atoms with Crippen LogP contribution in [0.1, 0.15) is 5.56 Å². The SMILES string of the molecule is COCCNC(=O)Nc1ccc2ncc(-c3cnn(Cc4ccc(OC)c(OC)c4)c3)nc2n1. The number of rotatable bonds is 9. The number of amides is 2. The number of pyridine rings is 1. The van der Waals surface area contributed by atoms with Gasteiger partial charge in [0.2, 0.25) is 0 Å². The van der Waals surface area contributed by atoms with E-state index in [1.807, 2.05) is 24.4 Å². The minimum absolute atomic E-state index is 0.371. The molecule has 0 radical (unpaired) electrons. The van der Waals surface area contributed by atoms with Crippen LogP contribution in [0.5, 0.6) is 11.5 Å². The molecule has 0 aliphatic rings. The molecule has 0 saturated carbocycles. The van der Waals surface area contributed by atoms with Crippen LogP contribution in [0.2, 0.25) is 0 Å². The number of hydrogen-bond donors (Lipinski definition) is 2. The van der Waals surface area contributed by atoms with E-state index in [2.05, 4.69) is 30.7 Å². The number of urea groups is 1. The highest BCUT2D eigenvalue weighted by Crippen LogP contribution is 2.28. The van der Waals surface area contributed by atoms with E-state index >= 15 is 0 Å². The molecule has 1 aromatic carbocycles. The summed E-state index contributed by atoms with van der Waals surface area (Å²) >= 11 is 0. The van der Waals surface area contributed by atoms with Gasteiger partial charge in [-0.1, -0.05) is 6.07 Å². The molecule has 0 aliphatic heterocycles. The van der Waals surface area contributed by atoms with E-state index in [-0.39, 0.29) is 6.03 Å². The van der Waals surface area contributed by atoms with Gasteiger partial charge in [-0.3, -0.25) is 15.0 Å². The van der Waals surface area contributed by atoms with Gasteiger partial charge < -0.3 is 19.5 Å². The predicted molar refractivity (Wildman–Crippen MR) is 126 cm³/mol. The number of carbonyl (C=O) groups excluding carboxylic acids is 1. The fraction of sp³-hybridized carbons (Fsp3) is 0.261. The van der Waals surface area contributed by atoms with Crippen molar-refractivity contribution in [1.29, 1.82) is 0 Å². The van der Waals surface area contributed by atoms with Crippen molar-refractivity contribution in [3.8, 4) is 22.8 Å². The molecule has 0 bridgehead atoms. The predicted octanol–water partition coefficient (Wildman–Crippen LogP) is 2.72. The van der Waals surface area contributed by atoms with E-state index in [0.29, 0.717) is 53.9 Å². The van der Waals surface area contributed by atoms with Crippen LogP contribution < -0.4 is 20.1 Å². The van der Waals surface area contributed by atoms with Gasteiger partial charge in [-0.15, -0.1) is 0 Å². The average molecular weight is 463 g/mol. The lowest BCUT2D eigenvalue weighted by Crippen LogP contribution is -2.31. The fourth-order valence-electron chi connectivity index (χ4n) is 3.28. The molecule has 0 saturated heterocycles. The van der Waals surface area contributed by atoms with Gasteiger partial charge in [-0.05, 0) is 29.8 Å². The first-order valence-electron chi connectivity index (χ1n) is 10.5. The Hall–Kier alpha value is -4.25. The van der Waals surface area contributed by atoms with Crippen molar-refractivity contribution in [1.82, 2.24) is 30.0 Å². The Balaban J connectivity index is 1.50. The van der Waals surface area contributed by atoms with Crippen molar-refractivity contribution >= 4 is 23.0 Å². The van der Waals surface area contributed by atoms with Crippen LogP contribution in [-0.4, -0.2) is 65.2 Å². The number of fused-ring (bicyclic) bond motifs is 1. The van der Waals surface area contributed by atoms with Crippen molar-refractivity contribution < 1.29 is 19.0 Å². The Morgan fingerprint density at radius 3 is 2.68 bits per heavy atom. The molecule has 176 valence electrons. The van der Waals surface area contributed by atoms with Crippen LogP contribution in [0.3, 0.4) is 0 Å². The van der Waals surface area contributed by atoms with Crippen LogP contribution in [0, 0.1) is 0 Å². The zero-order chi connectivity index (χ0) is 23.9. The van der Waals surface area contributed by atoms with Crippen molar-refractivity contribution in [2.75, 3.05) is 39.8 Å². The van der Waals surface area contributed by atoms with Gasteiger partial charge in [0.05, 0.1) is 45.5 Å². The summed E-state index contributed by atoms with van der Waals surface area (Å²) in [5, 5.41) is 9.80. The first kappa shape index (κ1) is 22.9. The summed E-state index contributed by atoms with van der Waals surface area (Å²) in [5.74, 6) is 1.71. The van der Waals surface area contributed by atoms with Crippen LogP contribution in [0.25, 0.3) is 22.4 Å². The first-order valence-corrected chi connectivity index (χ1v) is 10.5. The molecular weight excluding hydrogens is 438 g/mol. The van der Waals surface area contributed by atoms with E-state index in [0.717, 1.165) is 11.1 Å². The lowest BCUT2D eigenvalue weighted by atomic mass is 10.2. The zero-order valence-electron chi connectivity index (χ0n) is 19.1. The number of aromatic nitrogens is 5. The van der Waals surface area contributed by atoms with E-state index in [9.17, 15) is 4.79 Å². The molecular formula is C23H25N7O4. The van der Waals surface area contributed by atoms with Crippen LogP contribution in [-0.2, 0) is 11.3 Å². The second kappa shape index (κ2) is 10.6. The minimum Gasteiger partial charge on any atom is -0.493 e. The molecule has 11 heteroatoms. The molecule has 4 rings (SSSR count). The smallest absolute Gasteiger partial charge is 0.320 e. The van der Waals surface area contributed by atoms with Gasteiger partial charge in [0.1, 0.15) is 11.3 Å². The molecule has 3 heterocycles. The summed E-state index contributed by atoms with van der Waals surface area (Å²) in [6, 6.07) is 8.80. The number of ether oxygens (including phenoxy) is 3. The Morgan fingerprint density at radius 2 is 1.88 bits per heavy atom. The molecule has 3 aromatic heterocycles. The Kier molecular flexibility index (Phi) is 7.13. The molecule has 0 aliphatic carbocycles. The standard InChI is InChI=1S/C23H25N7O4/c1-32-9-8-24-23(31)29-21-7-5-17-22(28-21)27-18(12-25-17)16-11-26-30(14-16)13-15-4-6-19(33-2)20(10-15)34-3/h4-7,10-12,14H,8-9,13H2,1-3H3,(H2,24,27,28,29,31). The van der Waals surface area contributed by atoms with Gasteiger partial charge in [0, 0.05) is 25.4 Å². The number of hydrogen-bond acceptors (Lipinski definition) is 8. The lowest BCUT2D eigenvalue weighted by Gasteiger charge is -2.09. The molecule has 0 spiro atoms. The Bertz CT molecular complexity index is 1290. The van der Waals surface area contributed by atoms with Gasteiger partial charge in [-0.25, -0.2) is 14.8 Å². The first-order chi connectivity index (χ1) is 16.6. The van der Waals surface area contributed by atoms with E-state index in [1.165, 1.54) is 0 Å². The number of carbonyl (C=O) groups is 1. The van der Waals surface area contributed by atoms with Crippen molar-refractivity contribution in [2.45, 2.75) is 6.54 Å². The third kappa shape index (κ3) is 5.38. The van der Waals surface area contributed by atoms with Crippen LogP contribution >= 0.6 is 0 Å². The monoisotopic (exact) mass is 463 g/mol. The van der Waals surface area contributed by atoms with Crippen LogP contribution in [0.4, 0.5) is 10.6 Å². The van der Waals surface area contributed by atoms with Gasteiger partial charge >= 0.3 is 6.03 Å². The highest BCUT2D eigenvalue weighted by molar-refractivity contribution is 5.89. The molecule has 0 fully saturated rings. The Labute approximate surface area is 196 Å². The molecule has 2 N–H and O–H groups in total. The molecule has 2 amide bonds. The maximum Gasteiger partial charge on any atom is 0.320 e. The topological polar surface area (TPSA) is 125 Å². The summed E-state index contributed by atoms with van der Waals surface area (Å²) in [4.78, 5) is 25.4. The number of nitrogens with zero attached hydrogens (tertiary/aromatic N) is 5. The van der Waals surface area contributed by atoms with Crippen molar-refractivity contribution in [3.05, 3.63) is 54.5 Å². The number of benzene rings is 1. The minimum atomic E-state index is -0.371. The van der Waals surface area contributed by atoms with E-state index in [4.69, 9.17) is 14.2 Å². The van der Waals surface area contributed by atoms with E-state index in [1.54, 1.807) is 50.5 Å². The third-order valence-electron chi connectivity index (χ3n) is 4.96. The second-order valence-electron chi connectivity index (χ2n) is 7.28. The highest BCUT2D eigenvalue weighted by atomic mass is 16.5. The second-order valence-corrected chi connectivity index (χ2v) is 7.28. The summed E-state index contributed by atoms with van der Waals surface area (Å²) in [6.07, 6.45) is 5.28. The largest absolute Gasteiger partial charge is 0.493 e. The maximum absolute atomic E-state index is 12.0. The van der Waals surface area contributed by atoms with Gasteiger partial charge in [-0.2, -0.15) is 5.10 Å². The number of anilines is 1. The van der Waals surface area contributed by atoms with Crippen molar-refractivity contribution in [2.24, 2.45) is 0 Å². The van der Waals surface area contributed by atoms with Gasteiger partial charge in [0.25, 0.3) is 0 Å². The average Bonchev–Trinajstić information content (AvgIpc) is 3.32. The van der Waals surface area contributed by atoms with Gasteiger partial charge in [0.15, 0.2) is 17.1 Å². The fourth-order valence-corrected chi connectivity index (χ4v) is 3.28. The summed E-state index contributed by atoms with van der Waals surface area (Å²) < 4.78 is 17.4. The number of nitrogens with one attached hydrogen (secondary N) is 2.